The molecule has 0 spiro atoms. The number of thioether (sulfide) groups is 1. The molecule has 0 fully saturated rings. The van der Waals surface area contributed by atoms with Crippen LogP contribution < -0.4 is 11.3 Å². The average Bonchev–Trinajstić information content (AvgIpc) is 2.34. The van der Waals surface area contributed by atoms with Gasteiger partial charge in [-0.2, -0.15) is 11.8 Å². The monoisotopic (exact) mass is 238 g/mol. The Balaban J connectivity index is 2.69. The van der Waals surface area contributed by atoms with E-state index < -0.39 is 0 Å². The maximum atomic E-state index is 5.46. The fourth-order valence-electron chi connectivity index (χ4n) is 1.19. The lowest BCUT2D eigenvalue weighted by atomic mass is 10.3. The first-order chi connectivity index (χ1) is 7.77. The van der Waals surface area contributed by atoms with Gasteiger partial charge in [0.1, 0.15) is 0 Å². The van der Waals surface area contributed by atoms with E-state index in [9.17, 15) is 0 Å². The molecule has 0 bridgehead atoms. The largest absolute Gasteiger partial charge is 0.344 e. The summed E-state index contributed by atoms with van der Waals surface area (Å²) in [5.41, 5.74) is 3.52. The molecule has 0 aliphatic rings. The fraction of sp³-hybridized carbons (Fsp3) is 0.364. The van der Waals surface area contributed by atoms with Crippen LogP contribution in [0.2, 0.25) is 0 Å². The molecule has 0 atom stereocenters. The molecular formula is C11H18N4S. The van der Waals surface area contributed by atoms with Gasteiger partial charge in [0.15, 0.2) is 0 Å². The Morgan fingerprint density at radius 1 is 1.44 bits per heavy atom. The summed E-state index contributed by atoms with van der Waals surface area (Å²) in [5, 5.41) is 0. The maximum absolute atomic E-state index is 5.46. The van der Waals surface area contributed by atoms with Crippen LogP contribution >= 0.6 is 11.8 Å². The Bertz CT molecular complexity index is 326. The molecule has 0 amide bonds. The van der Waals surface area contributed by atoms with Gasteiger partial charge in [-0.25, -0.2) is 10.8 Å². The summed E-state index contributed by atoms with van der Waals surface area (Å²) >= 11 is 1.80. The first kappa shape index (κ1) is 12.9. The summed E-state index contributed by atoms with van der Waals surface area (Å²) in [5.74, 6) is 7.19. The van der Waals surface area contributed by atoms with Gasteiger partial charge in [-0.1, -0.05) is 18.2 Å². The van der Waals surface area contributed by atoms with Crippen LogP contribution in [0.5, 0.6) is 0 Å². The molecule has 1 aromatic carbocycles. The van der Waals surface area contributed by atoms with Crippen LogP contribution in [0.25, 0.3) is 0 Å². The van der Waals surface area contributed by atoms with Gasteiger partial charge in [0.25, 0.3) is 0 Å². The second kappa shape index (κ2) is 7.14. The first-order valence-corrected chi connectivity index (χ1v) is 6.47. The normalized spacial score (nSPS) is 11.3. The van der Waals surface area contributed by atoms with E-state index in [1.54, 1.807) is 11.8 Å². The quantitative estimate of drug-likeness (QED) is 0.361. The second-order valence-corrected chi connectivity index (χ2v) is 4.32. The van der Waals surface area contributed by atoms with Crippen molar-refractivity contribution >= 4 is 23.4 Å². The summed E-state index contributed by atoms with van der Waals surface area (Å²) in [6.07, 6.45) is 2.08. The van der Waals surface area contributed by atoms with Crippen LogP contribution in [-0.4, -0.2) is 36.5 Å². The molecule has 88 valence electrons. The standard InChI is InChI=1S/C11H18N4S/c1-15(8-9-16-2)11(14-12)13-10-6-4-3-5-7-10/h3-7H,8-9,12H2,1-2H3,(H,13,14). The van der Waals surface area contributed by atoms with Crippen LogP contribution in [0.3, 0.4) is 0 Å². The minimum Gasteiger partial charge on any atom is -0.344 e. The SMILES string of the molecule is CSCCN(C)C(=Nc1ccccc1)NN. The van der Waals surface area contributed by atoms with E-state index in [-0.39, 0.29) is 0 Å². The number of nitrogens with one attached hydrogen (secondary N) is 1. The molecule has 0 aliphatic carbocycles. The molecule has 0 saturated carbocycles. The Labute approximate surface area is 101 Å². The van der Waals surface area contributed by atoms with Crippen LogP contribution in [-0.2, 0) is 0 Å². The minimum absolute atomic E-state index is 0.681. The van der Waals surface area contributed by atoms with E-state index in [1.165, 1.54) is 0 Å². The van der Waals surface area contributed by atoms with Crippen molar-refractivity contribution in [1.29, 1.82) is 0 Å². The maximum Gasteiger partial charge on any atom is 0.213 e. The first-order valence-electron chi connectivity index (χ1n) is 5.08. The highest BCUT2D eigenvalue weighted by Crippen LogP contribution is 2.10. The van der Waals surface area contributed by atoms with E-state index in [0.29, 0.717) is 5.96 Å². The number of aliphatic imine (C=N–C) groups is 1. The molecule has 1 aromatic rings. The molecule has 4 nitrogen and oxygen atoms in total. The third-order valence-corrected chi connectivity index (χ3v) is 2.70. The van der Waals surface area contributed by atoms with Gasteiger partial charge in [0.05, 0.1) is 5.69 Å². The van der Waals surface area contributed by atoms with Gasteiger partial charge in [0.2, 0.25) is 5.96 Å². The van der Waals surface area contributed by atoms with Gasteiger partial charge in [-0.15, -0.1) is 0 Å². The number of benzene rings is 1. The molecule has 3 N–H and O–H groups in total. The van der Waals surface area contributed by atoms with E-state index >= 15 is 0 Å². The molecule has 1 rings (SSSR count). The van der Waals surface area contributed by atoms with Crippen molar-refractivity contribution in [3.63, 3.8) is 0 Å². The van der Waals surface area contributed by atoms with E-state index in [0.717, 1.165) is 18.0 Å². The van der Waals surface area contributed by atoms with Crippen molar-refractivity contribution in [2.24, 2.45) is 10.8 Å². The van der Waals surface area contributed by atoms with Gasteiger partial charge in [0, 0.05) is 19.3 Å². The summed E-state index contributed by atoms with van der Waals surface area (Å²) in [6.45, 7) is 0.914. The van der Waals surface area contributed by atoms with E-state index in [1.807, 2.05) is 42.3 Å². The lowest BCUT2D eigenvalue weighted by Crippen LogP contribution is -2.43. The minimum atomic E-state index is 0.681. The smallest absolute Gasteiger partial charge is 0.213 e. The van der Waals surface area contributed by atoms with Crippen molar-refractivity contribution in [2.45, 2.75) is 0 Å². The van der Waals surface area contributed by atoms with Gasteiger partial charge < -0.3 is 4.90 Å². The summed E-state index contributed by atoms with van der Waals surface area (Å²) < 4.78 is 0. The van der Waals surface area contributed by atoms with Crippen molar-refractivity contribution in [2.75, 3.05) is 25.6 Å². The predicted molar refractivity (Wildman–Crippen MR) is 71.9 cm³/mol. The van der Waals surface area contributed by atoms with Crippen LogP contribution in [0.15, 0.2) is 35.3 Å². The number of nitrogens with two attached hydrogens (primary N) is 1. The number of nitrogens with zero attached hydrogens (tertiary/aromatic N) is 2. The summed E-state index contributed by atoms with van der Waals surface area (Å²) in [4.78, 5) is 6.43. The Morgan fingerprint density at radius 3 is 2.69 bits per heavy atom. The molecule has 5 heteroatoms. The molecule has 0 unspecified atom stereocenters. The summed E-state index contributed by atoms with van der Waals surface area (Å²) in [7, 11) is 1.97. The predicted octanol–water partition coefficient (Wildman–Crippen LogP) is 1.43. The zero-order valence-electron chi connectivity index (χ0n) is 9.68. The number of hydrogen-bond acceptors (Lipinski definition) is 3. The average molecular weight is 238 g/mol. The van der Waals surface area contributed by atoms with Crippen molar-refractivity contribution < 1.29 is 0 Å². The van der Waals surface area contributed by atoms with Crippen molar-refractivity contribution in [3.8, 4) is 0 Å². The highest BCUT2D eigenvalue weighted by Gasteiger charge is 2.03. The highest BCUT2D eigenvalue weighted by atomic mass is 32.2. The van der Waals surface area contributed by atoms with Crippen LogP contribution in [0, 0.1) is 0 Å². The Morgan fingerprint density at radius 2 is 2.12 bits per heavy atom. The number of hydrazine groups is 1. The highest BCUT2D eigenvalue weighted by molar-refractivity contribution is 7.98. The van der Waals surface area contributed by atoms with Gasteiger partial charge in [-0.05, 0) is 18.4 Å². The topological polar surface area (TPSA) is 53.6 Å². The zero-order valence-corrected chi connectivity index (χ0v) is 10.5. The van der Waals surface area contributed by atoms with E-state index in [4.69, 9.17) is 5.84 Å². The van der Waals surface area contributed by atoms with Gasteiger partial charge in [-0.3, -0.25) is 5.43 Å². The Kier molecular flexibility index (Phi) is 5.74. The fourth-order valence-corrected chi connectivity index (χ4v) is 1.64. The lowest BCUT2D eigenvalue weighted by molar-refractivity contribution is 0.517. The van der Waals surface area contributed by atoms with Crippen molar-refractivity contribution in [1.82, 2.24) is 10.3 Å². The second-order valence-electron chi connectivity index (χ2n) is 3.33. The number of guanidine groups is 1. The third kappa shape index (κ3) is 4.12. The molecule has 0 heterocycles. The van der Waals surface area contributed by atoms with Crippen molar-refractivity contribution in [3.05, 3.63) is 30.3 Å². The van der Waals surface area contributed by atoms with Crippen LogP contribution in [0.4, 0.5) is 5.69 Å². The van der Waals surface area contributed by atoms with Crippen LogP contribution in [0.1, 0.15) is 0 Å². The number of para-hydroxylation sites is 1. The van der Waals surface area contributed by atoms with E-state index in [2.05, 4.69) is 16.7 Å². The number of hydrogen-bond donors (Lipinski definition) is 2. The number of rotatable bonds is 4. The molecular weight excluding hydrogens is 220 g/mol. The third-order valence-electron chi connectivity index (χ3n) is 2.11. The molecule has 0 aromatic heterocycles. The molecule has 0 saturated heterocycles. The summed E-state index contributed by atoms with van der Waals surface area (Å²) in [6, 6.07) is 9.76. The molecule has 0 aliphatic heterocycles. The Hall–Kier alpha value is -1.20. The lowest BCUT2D eigenvalue weighted by Gasteiger charge is -2.19. The molecule has 0 radical (unpaired) electrons. The zero-order chi connectivity index (χ0) is 11.8. The van der Waals surface area contributed by atoms with Gasteiger partial charge >= 0.3 is 0 Å². The molecule has 16 heavy (non-hydrogen) atoms.